The van der Waals surface area contributed by atoms with Crippen molar-refractivity contribution in [2.75, 3.05) is 13.2 Å². The Hall–Kier alpha value is -2.25. The monoisotopic (exact) mass is 454 g/mol. The molecule has 2 aromatic rings. The zero-order chi connectivity index (χ0) is 22.1. The number of hydrogen-bond donors (Lipinski definition) is 1. The van der Waals surface area contributed by atoms with Crippen molar-refractivity contribution in [3.8, 4) is 0 Å². The van der Waals surface area contributed by atoms with E-state index in [0.717, 1.165) is 6.07 Å². The Morgan fingerprint density at radius 1 is 1.13 bits per heavy atom. The minimum Gasteiger partial charge on any atom is -0.334 e. The Morgan fingerprint density at radius 2 is 1.73 bits per heavy atom. The van der Waals surface area contributed by atoms with E-state index in [1.807, 2.05) is 13.8 Å². The Bertz CT molecular complexity index is 913. The Kier molecular flexibility index (Phi) is 8.99. The molecule has 0 saturated heterocycles. The van der Waals surface area contributed by atoms with Crippen LogP contribution in [0, 0.1) is 10.1 Å². The molecule has 2 rings (SSSR count). The maximum atomic E-state index is 13.6. The summed E-state index contributed by atoms with van der Waals surface area (Å²) < 4.78 is 24.8. The lowest BCUT2D eigenvalue weighted by Crippen LogP contribution is -2.30. The maximum absolute atomic E-state index is 13.6. The Balaban J connectivity index is 2.42. The van der Waals surface area contributed by atoms with Crippen LogP contribution < -0.4 is 5.32 Å². The first-order valence-corrected chi connectivity index (χ1v) is 11.5. The molecule has 2 aromatic carbocycles. The quantitative estimate of drug-likeness (QED) is 0.264. The van der Waals surface area contributed by atoms with Crippen molar-refractivity contribution in [2.45, 2.75) is 32.5 Å². The highest BCUT2D eigenvalue weighted by molar-refractivity contribution is 7.54. The first-order chi connectivity index (χ1) is 14.3. The number of carbonyl (C=O) groups is 1. The van der Waals surface area contributed by atoms with Crippen LogP contribution >= 0.6 is 19.2 Å². The standard InChI is InChI=1S/C20H24ClN2O6P/c1-3-12-28-30(27,29-13-4-2)20(15-8-6-5-7-9-15)22-19(24)16-10-11-17(21)18(14-16)23(25)26/h5-11,14,20H,3-4,12-13H2,1-2H3,(H,22,24)/t20-/m0/s1. The molecule has 0 heterocycles. The third-order valence-electron chi connectivity index (χ3n) is 4.06. The summed E-state index contributed by atoms with van der Waals surface area (Å²) in [6.45, 7) is 4.11. The number of nitrogens with one attached hydrogen (secondary N) is 1. The minimum atomic E-state index is -3.79. The van der Waals surface area contributed by atoms with Gasteiger partial charge in [0.2, 0.25) is 0 Å². The molecule has 0 aliphatic rings. The van der Waals surface area contributed by atoms with Gasteiger partial charge in [-0.05, 0) is 30.5 Å². The van der Waals surface area contributed by atoms with Crippen LogP contribution in [0.4, 0.5) is 5.69 Å². The topological polar surface area (TPSA) is 108 Å². The zero-order valence-corrected chi connectivity index (χ0v) is 18.4. The van der Waals surface area contributed by atoms with Gasteiger partial charge in [0.15, 0.2) is 5.78 Å². The van der Waals surface area contributed by atoms with Crippen molar-refractivity contribution < 1.29 is 23.3 Å². The van der Waals surface area contributed by atoms with Gasteiger partial charge < -0.3 is 14.4 Å². The molecule has 1 atom stereocenters. The van der Waals surface area contributed by atoms with Crippen LogP contribution in [0.15, 0.2) is 48.5 Å². The molecule has 0 aliphatic carbocycles. The second-order valence-electron chi connectivity index (χ2n) is 6.42. The predicted molar refractivity (Wildman–Crippen MR) is 115 cm³/mol. The fourth-order valence-corrected chi connectivity index (χ4v) is 4.85. The molecule has 0 bridgehead atoms. The highest BCUT2D eigenvalue weighted by Crippen LogP contribution is 2.59. The van der Waals surface area contributed by atoms with Crippen LogP contribution in [0.1, 0.15) is 48.4 Å². The highest BCUT2D eigenvalue weighted by Gasteiger charge is 2.38. The summed E-state index contributed by atoms with van der Waals surface area (Å²) in [7, 11) is -3.79. The molecule has 162 valence electrons. The van der Waals surface area contributed by atoms with E-state index in [-0.39, 0.29) is 23.8 Å². The van der Waals surface area contributed by atoms with Crippen LogP contribution in [-0.2, 0) is 13.6 Å². The van der Waals surface area contributed by atoms with E-state index in [1.54, 1.807) is 30.3 Å². The zero-order valence-electron chi connectivity index (χ0n) is 16.7. The van der Waals surface area contributed by atoms with Gasteiger partial charge >= 0.3 is 7.60 Å². The van der Waals surface area contributed by atoms with Crippen LogP contribution in [0.5, 0.6) is 0 Å². The SMILES string of the molecule is CCCOP(=O)(OCCC)[C@H](NC(=O)c1ccc(Cl)c([N+](=O)[O-])c1)c1ccccc1. The van der Waals surface area contributed by atoms with Gasteiger partial charge in [-0.3, -0.25) is 19.5 Å². The molecular weight excluding hydrogens is 431 g/mol. The lowest BCUT2D eigenvalue weighted by molar-refractivity contribution is -0.384. The number of benzene rings is 2. The van der Waals surface area contributed by atoms with E-state index in [2.05, 4.69) is 5.32 Å². The number of nitrogens with zero attached hydrogens (tertiary/aromatic N) is 1. The molecular formula is C20H24ClN2O6P. The van der Waals surface area contributed by atoms with Gasteiger partial charge in [-0.2, -0.15) is 0 Å². The summed E-state index contributed by atoms with van der Waals surface area (Å²) in [6.07, 6.45) is 1.22. The van der Waals surface area contributed by atoms with E-state index in [4.69, 9.17) is 20.6 Å². The fourth-order valence-electron chi connectivity index (χ4n) is 2.61. The lowest BCUT2D eigenvalue weighted by Gasteiger charge is -2.28. The largest absolute Gasteiger partial charge is 0.357 e. The van der Waals surface area contributed by atoms with Gasteiger partial charge in [0.05, 0.1) is 18.1 Å². The highest BCUT2D eigenvalue weighted by atomic mass is 35.5. The fraction of sp³-hybridized carbons (Fsp3) is 0.350. The van der Waals surface area contributed by atoms with Gasteiger partial charge in [0, 0.05) is 11.6 Å². The van der Waals surface area contributed by atoms with Crippen LogP contribution in [0.3, 0.4) is 0 Å². The van der Waals surface area contributed by atoms with E-state index >= 15 is 0 Å². The molecule has 0 saturated carbocycles. The van der Waals surface area contributed by atoms with E-state index in [0.29, 0.717) is 18.4 Å². The van der Waals surface area contributed by atoms with E-state index in [1.165, 1.54) is 12.1 Å². The molecule has 1 N–H and O–H groups in total. The van der Waals surface area contributed by atoms with Crippen molar-refractivity contribution in [2.24, 2.45) is 0 Å². The molecule has 0 aromatic heterocycles. The predicted octanol–water partition coefficient (Wildman–Crippen LogP) is 5.72. The minimum absolute atomic E-state index is 0.00423. The van der Waals surface area contributed by atoms with Crippen molar-refractivity contribution in [1.82, 2.24) is 5.32 Å². The molecule has 0 unspecified atom stereocenters. The van der Waals surface area contributed by atoms with Crippen molar-refractivity contribution in [3.05, 3.63) is 74.8 Å². The summed E-state index contributed by atoms with van der Waals surface area (Å²) in [4.78, 5) is 23.4. The average molecular weight is 455 g/mol. The third-order valence-corrected chi connectivity index (χ3v) is 6.52. The number of nitro benzene ring substituents is 1. The van der Waals surface area contributed by atoms with Crippen molar-refractivity contribution in [3.63, 3.8) is 0 Å². The van der Waals surface area contributed by atoms with Crippen molar-refractivity contribution in [1.29, 1.82) is 0 Å². The Labute approximate surface area is 180 Å². The van der Waals surface area contributed by atoms with Gasteiger partial charge in [-0.15, -0.1) is 0 Å². The number of rotatable bonds is 11. The molecule has 0 aliphatic heterocycles. The number of carbonyl (C=O) groups excluding carboxylic acids is 1. The van der Waals surface area contributed by atoms with Crippen molar-refractivity contribution >= 4 is 30.8 Å². The number of nitro groups is 1. The number of amides is 1. The van der Waals surface area contributed by atoms with Crippen LogP contribution in [-0.4, -0.2) is 24.0 Å². The van der Waals surface area contributed by atoms with Gasteiger partial charge in [0.25, 0.3) is 11.6 Å². The average Bonchev–Trinajstić information content (AvgIpc) is 2.75. The summed E-state index contributed by atoms with van der Waals surface area (Å²) in [5.74, 6) is -1.75. The molecule has 8 nitrogen and oxygen atoms in total. The molecule has 0 radical (unpaired) electrons. The van der Waals surface area contributed by atoms with E-state index < -0.39 is 29.9 Å². The van der Waals surface area contributed by atoms with Crippen LogP contribution in [0.25, 0.3) is 0 Å². The number of halogens is 1. The molecule has 10 heteroatoms. The first-order valence-electron chi connectivity index (χ1n) is 9.51. The molecule has 1 amide bonds. The van der Waals surface area contributed by atoms with Gasteiger partial charge in [0.1, 0.15) is 5.02 Å². The van der Waals surface area contributed by atoms with Gasteiger partial charge in [-0.25, -0.2) is 0 Å². The first kappa shape index (κ1) is 24.0. The normalized spacial score (nSPS) is 12.4. The number of hydrogen-bond acceptors (Lipinski definition) is 6. The molecule has 0 spiro atoms. The summed E-state index contributed by atoms with van der Waals surface area (Å²) in [5.41, 5.74) is 0.141. The lowest BCUT2D eigenvalue weighted by atomic mass is 10.1. The second-order valence-corrected chi connectivity index (χ2v) is 8.94. The Morgan fingerprint density at radius 3 is 2.27 bits per heavy atom. The van der Waals surface area contributed by atoms with Crippen LogP contribution in [0.2, 0.25) is 5.02 Å². The smallest absolute Gasteiger partial charge is 0.334 e. The van der Waals surface area contributed by atoms with Gasteiger partial charge in [-0.1, -0.05) is 55.8 Å². The maximum Gasteiger partial charge on any atom is 0.357 e. The summed E-state index contributed by atoms with van der Waals surface area (Å²) in [5, 5.41) is 13.7. The second kappa shape index (κ2) is 11.2. The molecule has 0 fully saturated rings. The van der Waals surface area contributed by atoms with E-state index in [9.17, 15) is 19.5 Å². The summed E-state index contributed by atoms with van der Waals surface area (Å²) in [6, 6.07) is 12.4. The third kappa shape index (κ3) is 6.12. The summed E-state index contributed by atoms with van der Waals surface area (Å²) >= 11 is 5.83. The molecule has 30 heavy (non-hydrogen) atoms.